The Hall–Kier alpha value is -2.22. The van der Waals surface area contributed by atoms with Crippen LogP contribution in [0.3, 0.4) is 0 Å². The SMILES string of the molecule is C[C@H](CNC(=O)Nc1ccc(Cl)cc1)Cn1ccc(C(F)(F)F)n1. The van der Waals surface area contributed by atoms with E-state index in [0.29, 0.717) is 17.3 Å². The minimum Gasteiger partial charge on any atom is -0.338 e. The molecule has 0 spiro atoms. The van der Waals surface area contributed by atoms with Crippen LogP contribution in [0.4, 0.5) is 23.7 Å². The van der Waals surface area contributed by atoms with E-state index >= 15 is 0 Å². The molecule has 0 aliphatic rings. The number of nitrogens with zero attached hydrogens (tertiary/aromatic N) is 2. The van der Waals surface area contributed by atoms with Gasteiger partial charge in [0.05, 0.1) is 0 Å². The monoisotopic (exact) mass is 360 g/mol. The summed E-state index contributed by atoms with van der Waals surface area (Å²) in [6.07, 6.45) is -3.18. The lowest BCUT2D eigenvalue weighted by Crippen LogP contribution is -2.33. The number of halogens is 4. The van der Waals surface area contributed by atoms with E-state index in [4.69, 9.17) is 11.6 Å². The van der Waals surface area contributed by atoms with E-state index in [1.807, 2.05) is 0 Å². The second-order valence-corrected chi connectivity index (χ2v) is 5.80. The van der Waals surface area contributed by atoms with E-state index < -0.39 is 17.9 Å². The zero-order valence-corrected chi connectivity index (χ0v) is 13.5. The fourth-order valence-electron chi connectivity index (χ4n) is 1.97. The zero-order valence-electron chi connectivity index (χ0n) is 12.8. The van der Waals surface area contributed by atoms with Gasteiger partial charge < -0.3 is 10.6 Å². The molecule has 2 N–H and O–H groups in total. The molecule has 5 nitrogen and oxygen atoms in total. The van der Waals surface area contributed by atoms with Crippen LogP contribution < -0.4 is 10.6 Å². The highest BCUT2D eigenvalue weighted by Gasteiger charge is 2.33. The summed E-state index contributed by atoms with van der Waals surface area (Å²) in [6.45, 7) is 2.36. The zero-order chi connectivity index (χ0) is 17.7. The number of alkyl halides is 3. The van der Waals surface area contributed by atoms with Crippen LogP contribution in [0.1, 0.15) is 12.6 Å². The number of nitrogens with one attached hydrogen (secondary N) is 2. The molecule has 1 atom stereocenters. The second kappa shape index (κ2) is 7.57. The van der Waals surface area contributed by atoms with Crippen molar-refractivity contribution in [1.82, 2.24) is 15.1 Å². The predicted molar refractivity (Wildman–Crippen MR) is 84.9 cm³/mol. The van der Waals surface area contributed by atoms with Crippen LogP contribution in [0.2, 0.25) is 5.02 Å². The molecule has 0 bridgehead atoms. The van der Waals surface area contributed by atoms with Crippen molar-refractivity contribution in [3.05, 3.63) is 47.2 Å². The van der Waals surface area contributed by atoms with E-state index in [-0.39, 0.29) is 12.5 Å². The van der Waals surface area contributed by atoms with Gasteiger partial charge in [0.25, 0.3) is 0 Å². The largest absolute Gasteiger partial charge is 0.435 e. The molecule has 1 heterocycles. The van der Waals surface area contributed by atoms with Crippen LogP contribution in [-0.4, -0.2) is 22.4 Å². The van der Waals surface area contributed by atoms with Gasteiger partial charge in [-0.15, -0.1) is 0 Å². The molecule has 1 aromatic carbocycles. The molecule has 130 valence electrons. The summed E-state index contributed by atoms with van der Waals surface area (Å²) >= 11 is 5.75. The second-order valence-electron chi connectivity index (χ2n) is 5.37. The van der Waals surface area contributed by atoms with Crippen LogP contribution in [0, 0.1) is 5.92 Å². The van der Waals surface area contributed by atoms with Gasteiger partial charge in [0.15, 0.2) is 5.69 Å². The molecule has 0 saturated heterocycles. The Kier molecular flexibility index (Phi) is 5.71. The molecule has 24 heavy (non-hydrogen) atoms. The number of amides is 2. The van der Waals surface area contributed by atoms with Gasteiger partial charge in [-0.3, -0.25) is 4.68 Å². The van der Waals surface area contributed by atoms with Crippen molar-refractivity contribution >= 4 is 23.3 Å². The first-order chi connectivity index (χ1) is 11.2. The van der Waals surface area contributed by atoms with Crippen LogP contribution in [-0.2, 0) is 12.7 Å². The number of hydrogen-bond acceptors (Lipinski definition) is 2. The summed E-state index contributed by atoms with van der Waals surface area (Å²) in [5.41, 5.74) is -0.338. The number of aromatic nitrogens is 2. The molecule has 0 fully saturated rings. The molecular weight excluding hydrogens is 345 g/mol. The fraction of sp³-hybridized carbons (Fsp3) is 0.333. The lowest BCUT2D eigenvalue weighted by atomic mass is 10.2. The number of carbonyl (C=O) groups is 1. The number of carbonyl (C=O) groups excluding carboxylic acids is 1. The van der Waals surface area contributed by atoms with E-state index in [1.165, 1.54) is 10.9 Å². The van der Waals surface area contributed by atoms with Crippen LogP contribution >= 0.6 is 11.6 Å². The van der Waals surface area contributed by atoms with Gasteiger partial charge >= 0.3 is 12.2 Å². The normalized spacial score (nSPS) is 12.7. The highest BCUT2D eigenvalue weighted by Crippen LogP contribution is 2.27. The molecule has 9 heteroatoms. The first-order valence-corrected chi connectivity index (χ1v) is 7.53. The summed E-state index contributed by atoms with van der Waals surface area (Å²) in [5.74, 6) is -0.0954. The van der Waals surface area contributed by atoms with Gasteiger partial charge in [0.2, 0.25) is 0 Å². The standard InChI is InChI=1S/C15H16ClF3N4O/c1-10(9-23-7-6-13(22-23)15(17,18)19)8-20-14(24)21-12-4-2-11(16)3-5-12/h2-7,10H,8-9H2,1H3,(H2,20,21,24)/t10-/m1/s1. The Balaban J connectivity index is 1.78. The first kappa shape index (κ1) is 18.1. The lowest BCUT2D eigenvalue weighted by molar-refractivity contribution is -0.141. The molecule has 2 aromatic rings. The predicted octanol–water partition coefficient (Wildman–Crippen LogP) is 4.01. The van der Waals surface area contributed by atoms with Crippen LogP contribution in [0.25, 0.3) is 0 Å². The van der Waals surface area contributed by atoms with Crippen molar-refractivity contribution in [1.29, 1.82) is 0 Å². The van der Waals surface area contributed by atoms with Gasteiger partial charge in [-0.1, -0.05) is 18.5 Å². The van der Waals surface area contributed by atoms with Gasteiger partial charge in [0.1, 0.15) is 0 Å². The first-order valence-electron chi connectivity index (χ1n) is 7.15. The summed E-state index contributed by atoms with van der Waals surface area (Å²) in [6, 6.07) is 7.14. The van der Waals surface area contributed by atoms with Gasteiger partial charge in [-0.2, -0.15) is 18.3 Å². The topological polar surface area (TPSA) is 59.0 Å². The van der Waals surface area contributed by atoms with Crippen molar-refractivity contribution in [2.75, 3.05) is 11.9 Å². The Morgan fingerprint density at radius 2 is 1.96 bits per heavy atom. The third-order valence-electron chi connectivity index (χ3n) is 3.14. The average molecular weight is 361 g/mol. The Morgan fingerprint density at radius 3 is 2.54 bits per heavy atom. The van der Waals surface area contributed by atoms with E-state index in [1.54, 1.807) is 31.2 Å². The summed E-state index contributed by atoms with van der Waals surface area (Å²) < 4.78 is 38.6. The maximum Gasteiger partial charge on any atom is 0.435 e. The van der Waals surface area contributed by atoms with Gasteiger partial charge in [-0.25, -0.2) is 4.79 Å². The van der Waals surface area contributed by atoms with Crippen molar-refractivity contribution < 1.29 is 18.0 Å². The third-order valence-corrected chi connectivity index (χ3v) is 3.39. The van der Waals surface area contributed by atoms with Crippen LogP contribution in [0.15, 0.2) is 36.5 Å². The van der Waals surface area contributed by atoms with Crippen molar-refractivity contribution in [3.8, 4) is 0 Å². The van der Waals surface area contributed by atoms with Crippen molar-refractivity contribution in [2.45, 2.75) is 19.6 Å². The van der Waals surface area contributed by atoms with E-state index in [0.717, 1.165) is 6.07 Å². The summed E-state index contributed by atoms with van der Waals surface area (Å²) in [7, 11) is 0. The molecular formula is C15H16ClF3N4O. The third kappa shape index (κ3) is 5.45. The Bertz CT molecular complexity index is 685. The number of anilines is 1. The summed E-state index contributed by atoms with van der Waals surface area (Å²) in [5, 5.41) is 9.33. The van der Waals surface area contributed by atoms with E-state index in [2.05, 4.69) is 15.7 Å². The van der Waals surface area contributed by atoms with Crippen LogP contribution in [0.5, 0.6) is 0 Å². The minimum atomic E-state index is -4.45. The molecule has 2 amide bonds. The lowest BCUT2D eigenvalue weighted by Gasteiger charge is -2.13. The average Bonchev–Trinajstić information content (AvgIpc) is 2.96. The van der Waals surface area contributed by atoms with Crippen molar-refractivity contribution in [2.24, 2.45) is 5.92 Å². The molecule has 0 radical (unpaired) electrons. The fourth-order valence-corrected chi connectivity index (χ4v) is 2.10. The number of urea groups is 1. The molecule has 0 unspecified atom stereocenters. The maximum absolute atomic E-state index is 12.5. The highest BCUT2D eigenvalue weighted by molar-refractivity contribution is 6.30. The minimum absolute atomic E-state index is 0.0954. The van der Waals surface area contributed by atoms with Gasteiger partial charge in [0, 0.05) is 30.0 Å². The number of benzene rings is 1. The maximum atomic E-state index is 12.5. The molecule has 0 saturated carbocycles. The molecule has 0 aliphatic heterocycles. The Labute approximate surface area is 141 Å². The quantitative estimate of drug-likeness (QED) is 0.846. The smallest absolute Gasteiger partial charge is 0.338 e. The van der Waals surface area contributed by atoms with E-state index in [9.17, 15) is 18.0 Å². The molecule has 2 rings (SSSR count). The van der Waals surface area contributed by atoms with Gasteiger partial charge in [-0.05, 0) is 36.2 Å². The summed E-state index contributed by atoms with van der Waals surface area (Å²) in [4.78, 5) is 11.8. The van der Waals surface area contributed by atoms with Crippen molar-refractivity contribution in [3.63, 3.8) is 0 Å². The number of rotatable bonds is 5. The molecule has 1 aromatic heterocycles. The number of hydrogen-bond donors (Lipinski definition) is 2. The molecule has 0 aliphatic carbocycles. The Morgan fingerprint density at radius 1 is 1.29 bits per heavy atom. The highest BCUT2D eigenvalue weighted by atomic mass is 35.5.